The van der Waals surface area contributed by atoms with Crippen LogP contribution < -0.4 is 10.0 Å². The van der Waals surface area contributed by atoms with Gasteiger partial charge in [-0.05, 0) is 24.6 Å². The highest BCUT2D eigenvalue weighted by Crippen LogP contribution is 2.25. The Morgan fingerprint density at radius 3 is 2.72 bits per heavy atom. The van der Waals surface area contributed by atoms with E-state index in [-0.39, 0.29) is 22.0 Å². The average Bonchev–Trinajstić information content (AvgIpc) is 3.31. The maximum absolute atomic E-state index is 12.5. The van der Waals surface area contributed by atoms with Gasteiger partial charge in [0.05, 0.1) is 10.6 Å². The number of anilines is 1. The van der Waals surface area contributed by atoms with Gasteiger partial charge in [0.15, 0.2) is 0 Å². The first-order chi connectivity index (χ1) is 13.6. The van der Waals surface area contributed by atoms with Crippen LogP contribution >= 0.6 is 11.8 Å². The maximum Gasteiger partial charge on any atom is 0.277 e. The molecule has 1 aliphatic heterocycles. The molecule has 0 spiro atoms. The highest BCUT2D eigenvalue weighted by atomic mass is 32.2. The lowest BCUT2D eigenvalue weighted by molar-refractivity contribution is -0.113. The van der Waals surface area contributed by atoms with E-state index >= 15 is 0 Å². The third-order valence-electron chi connectivity index (χ3n) is 3.93. The van der Waals surface area contributed by atoms with Gasteiger partial charge in [-0.15, -0.1) is 10.2 Å². The van der Waals surface area contributed by atoms with E-state index in [1.165, 1.54) is 12.1 Å². The lowest BCUT2D eigenvalue weighted by Gasteiger charge is -2.11. The third-order valence-corrected chi connectivity index (χ3v) is 6.13. The van der Waals surface area contributed by atoms with Gasteiger partial charge in [-0.1, -0.05) is 38.6 Å². The quantitative estimate of drug-likeness (QED) is 0.665. The number of sulfonamides is 1. The average molecular weight is 438 g/mol. The molecule has 1 aromatic carbocycles. The van der Waals surface area contributed by atoms with Crippen LogP contribution in [0.5, 0.6) is 0 Å². The predicted molar refractivity (Wildman–Crippen MR) is 111 cm³/mol. The van der Waals surface area contributed by atoms with Crippen molar-refractivity contribution >= 4 is 39.2 Å². The van der Waals surface area contributed by atoms with Crippen molar-refractivity contribution < 1.29 is 17.6 Å². The van der Waals surface area contributed by atoms with Gasteiger partial charge in [0.1, 0.15) is 5.84 Å². The number of carbonyl (C=O) groups excluding carboxylic acids is 1. The molecule has 1 aromatic heterocycles. The van der Waals surface area contributed by atoms with Crippen LogP contribution in [0.1, 0.15) is 39.5 Å². The Kier molecular flexibility index (Phi) is 6.27. The highest BCUT2D eigenvalue weighted by molar-refractivity contribution is 7.99. The van der Waals surface area contributed by atoms with E-state index in [2.05, 4.69) is 25.2 Å². The summed E-state index contributed by atoms with van der Waals surface area (Å²) in [5.74, 6) is 0.702. The van der Waals surface area contributed by atoms with Gasteiger partial charge in [0.2, 0.25) is 11.8 Å². The maximum atomic E-state index is 12.5. The van der Waals surface area contributed by atoms with Crippen LogP contribution in [0.3, 0.4) is 0 Å². The number of hydrogen-bond donors (Lipinski definition) is 2. The molecule has 2 heterocycles. The van der Waals surface area contributed by atoms with E-state index in [0.717, 1.165) is 18.2 Å². The van der Waals surface area contributed by atoms with Crippen LogP contribution in [0.25, 0.3) is 0 Å². The Bertz CT molecular complexity index is 1020. The van der Waals surface area contributed by atoms with Crippen molar-refractivity contribution in [3.63, 3.8) is 0 Å². The molecular weight excluding hydrogens is 414 g/mol. The molecule has 156 valence electrons. The minimum absolute atomic E-state index is 0.0534. The fourth-order valence-electron chi connectivity index (χ4n) is 2.47. The van der Waals surface area contributed by atoms with E-state index in [1.54, 1.807) is 12.1 Å². The summed E-state index contributed by atoms with van der Waals surface area (Å²) in [6.45, 7) is 6.49. The van der Waals surface area contributed by atoms with Gasteiger partial charge in [0, 0.05) is 24.1 Å². The number of rotatable bonds is 6. The number of amidine groups is 1. The van der Waals surface area contributed by atoms with Crippen LogP contribution in [-0.4, -0.2) is 42.7 Å². The summed E-state index contributed by atoms with van der Waals surface area (Å²) < 4.78 is 33.0. The van der Waals surface area contributed by atoms with E-state index in [4.69, 9.17) is 4.42 Å². The topological polar surface area (TPSA) is 127 Å². The first-order valence-corrected chi connectivity index (χ1v) is 11.5. The molecule has 1 aliphatic rings. The van der Waals surface area contributed by atoms with Crippen LogP contribution in [0.2, 0.25) is 0 Å². The summed E-state index contributed by atoms with van der Waals surface area (Å²) in [5, 5.41) is 10.9. The first-order valence-electron chi connectivity index (χ1n) is 9.06. The highest BCUT2D eigenvalue weighted by Gasteiger charge is 2.22. The molecule has 0 atom stereocenters. The Morgan fingerprint density at radius 2 is 2.07 bits per heavy atom. The number of hydrogen-bond acceptors (Lipinski definition) is 8. The van der Waals surface area contributed by atoms with E-state index < -0.39 is 10.0 Å². The SMILES string of the molecule is CC(C)(C)c1nnc(SCC(=O)Nc2cccc(S(=O)(=O)NC3=NCCC3)c2)o1. The smallest absolute Gasteiger partial charge is 0.277 e. The van der Waals surface area contributed by atoms with Crippen LogP contribution in [0.4, 0.5) is 5.69 Å². The van der Waals surface area contributed by atoms with E-state index in [9.17, 15) is 13.2 Å². The van der Waals surface area contributed by atoms with Crippen molar-refractivity contribution in [1.29, 1.82) is 0 Å². The van der Waals surface area contributed by atoms with Gasteiger partial charge < -0.3 is 9.73 Å². The molecular formula is C18H23N5O4S2. The molecule has 0 fully saturated rings. The molecule has 0 radical (unpaired) electrons. The van der Waals surface area contributed by atoms with Crippen molar-refractivity contribution in [3.05, 3.63) is 30.2 Å². The van der Waals surface area contributed by atoms with Gasteiger partial charge in [-0.25, -0.2) is 8.42 Å². The van der Waals surface area contributed by atoms with Crippen molar-refractivity contribution in [1.82, 2.24) is 14.9 Å². The fourth-order valence-corrected chi connectivity index (χ4v) is 4.17. The summed E-state index contributed by atoms with van der Waals surface area (Å²) in [6, 6.07) is 6.07. The molecule has 3 rings (SSSR count). The molecule has 1 amide bonds. The minimum atomic E-state index is -3.74. The fraction of sp³-hybridized carbons (Fsp3) is 0.444. The molecule has 11 heteroatoms. The number of amides is 1. The third kappa shape index (κ3) is 5.80. The van der Waals surface area contributed by atoms with Crippen molar-refractivity contribution in [3.8, 4) is 0 Å². The number of benzene rings is 1. The predicted octanol–water partition coefficient (Wildman–Crippen LogP) is 2.57. The number of nitrogens with one attached hydrogen (secondary N) is 2. The zero-order valence-electron chi connectivity index (χ0n) is 16.4. The number of nitrogens with zero attached hydrogens (tertiary/aromatic N) is 3. The van der Waals surface area contributed by atoms with Crippen LogP contribution in [0, 0.1) is 0 Å². The largest absolute Gasteiger partial charge is 0.415 e. The Balaban J connectivity index is 1.59. The number of aliphatic imine (C=N–C) groups is 1. The van der Waals surface area contributed by atoms with Crippen molar-refractivity contribution in [2.75, 3.05) is 17.6 Å². The second-order valence-electron chi connectivity index (χ2n) is 7.53. The zero-order valence-corrected chi connectivity index (χ0v) is 18.1. The lowest BCUT2D eigenvalue weighted by atomic mass is 9.97. The number of carbonyl (C=O) groups is 1. The second kappa shape index (κ2) is 8.54. The Labute approximate surface area is 173 Å². The van der Waals surface area contributed by atoms with E-state index in [0.29, 0.717) is 35.6 Å². The minimum Gasteiger partial charge on any atom is -0.415 e. The molecule has 2 aromatic rings. The zero-order chi connectivity index (χ0) is 21.1. The number of thioether (sulfide) groups is 1. The standard InChI is InChI=1S/C18H23N5O4S2/c1-18(2,3)16-21-22-17(27-16)28-11-15(24)20-12-6-4-7-13(10-12)29(25,26)23-14-8-5-9-19-14/h4,6-7,10H,5,8-9,11H2,1-3H3,(H,19,23)(H,20,24). The summed E-state index contributed by atoms with van der Waals surface area (Å²) in [5.41, 5.74) is 0.116. The first kappa shape index (κ1) is 21.3. The van der Waals surface area contributed by atoms with Crippen molar-refractivity contribution in [2.24, 2.45) is 4.99 Å². The summed E-state index contributed by atoms with van der Waals surface area (Å²) >= 11 is 1.12. The lowest BCUT2D eigenvalue weighted by Crippen LogP contribution is -2.29. The van der Waals surface area contributed by atoms with Crippen molar-refractivity contribution in [2.45, 2.75) is 49.1 Å². The van der Waals surface area contributed by atoms with Gasteiger partial charge >= 0.3 is 0 Å². The molecule has 0 aliphatic carbocycles. The van der Waals surface area contributed by atoms with Crippen LogP contribution in [0.15, 0.2) is 43.8 Å². The van der Waals surface area contributed by atoms with Gasteiger partial charge in [0.25, 0.3) is 15.2 Å². The number of aromatic nitrogens is 2. The van der Waals surface area contributed by atoms with Gasteiger partial charge in [-0.3, -0.25) is 14.5 Å². The Hall–Kier alpha value is -2.40. The molecule has 0 saturated carbocycles. The second-order valence-corrected chi connectivity index (χ2v) is 10.1. The molecule has 0 unspecified atom stereocenters. The summed E-state index contributed by atoms with van der Waals surface area (Å²) in [6.07, 6.45) is 1.45. The molecule has 0 saturated heterocycles. The monoisotopic (exact) mass is 437 g/mol. The molecule has 29 heavy (non-hydrogen) atoms. The molecule has 2 N–H and O–H groups in total. The summed E-state index contributed by atoms with van der Waals surface area (Å²) in [7, 11) is -3.74. The van der Waals surface area contributed by atoms with Crippen LogP contribution in [-0.2, 0) is 20.2 Å². The normalized spacial score (nSPS) is 14.5. The summed E-state index contributed by atoms with van der Waals surface area (Å²) in [4.78, 5) is 16.4. The molecule has 9 nitrogen and oxygen atoms in total. The molecule has 0 bridgehead atoms. The van der Waals surface area contributed by atoms with Gasteiger partial charge in [-0.2, -0.15) is 0 Å². The van der Waals surface area contributed by atoms with E-state index in [1.807, 2.05) is 20.8 Å². The Morgan fingerprint density at radius 1 is 1.28 bits per heavy atom.